The Balaban J connectivity index is 1.96. The van der Waals surface area contributed by atoms with Crippen molar-refractivity contribution in [3.63, 3.8) is 0 Å². The Morgan fingerprint density at radius 1 is 0.864 bits per heavy atom. The maximum Gasteiger partial charge on any atom is 0.201 e. The molecule has 116 valence electrons. The fraction of sp³-hybridized carbons (Fsp3) is 0.444. The molecule has 4 atom stereocenters. The highest BCUT2D eigenvalue weighted by atomic mass is 16.5. The lowest BCUT2D eigenvalue weighted by atomic mass is 9.50. The minimum absolute atomic E-state index is 0.0261. The molecule has 0 aromatic heterocycles. The van der Waals surface area contributed by atoms with Gasteiger partial charge in [0, 0.05) is 17.4 Å². The molecule has 2 aliphatic carbocycles. The van der Waals surface area contributed by atoms with Crippen LogP contribution in [0.25, 0.3) is 0 Å². The number of carbonyl (C=O) groups is 2. The molecule has 0 bridgehead atoms. The van der Waals surface area contributed by atoms with Crippen LogP contribution >= 0.6 is 0 Å². The van der Waals surface area contributed by atoms with E-state index >= 15 is 0 Å². The molecule has 4 heteroatoms. The van der Waals surface area contributed by atoms with Crippen LogP contribution < -0.4 is 4.74 Å². The first-order chi connectivity index (χ1) is 10.5. The second kappa shape index (κ2) is 5.27. The number of carbonyl (C=O) groups excluding carboxylic acids is 2. The molecule has 1 fully saturated rings. The SMILES string of the molecule is COC1=C(C)C(=O)[C@@H]2[C@H](C1=O)[C@H](C)[C@H]2c1ccc(OC)cc1. The molecule has 22 heavy (non-hydrogen) atoms. The highest BCUT2D eigenvalue weighted by Gasteiger charge is 2.58. The minimum atomic E-state index is -0.255. The quantitative estimate of drug-likeness (QED) is 0.861. The van der Waals surface area contributed by atoms with E-state index in [1.807, 2.05) is 31.2 Å². The molecule has 0 aliphatic heterocycles. The number of methoxy groups -OCH3 is 2. The average Bonchev–Trinajstić information content (AvgIpc) is 2.52. The molecule has 3 rings (SSSR count). The molecule has 0 saturated heterocycles. The highest BCUT2D eigenvalue weighted by molar-refractivity contribution is 6.14. The maximum absolute atomic E-state index is 12.6. The summed E-state index contributed by atoms with van der Waals surface area (Å²) in [4.78, 5) is 25.1. The van der Waals surface area contributed by atoms with Crippen molar-refractivity contribution in [2.75, 3.05) is 14.2 Å². The van der Waals surface area contributed by atoms with Crippen molar-refractivity contribution in [1.82, 2.24) is 0 Å². The van der Waals surface area contributed by atoms with Crippen molar-refractivity contribution < 1.29 is 19.1 Å². The van der Waals surface area contributed by atoms with Gasteiger partial charge < -0.3 is 9.47 Å². The number of hydrogen-bond acceptors (Lipinski definition) is 4. The van der Waals surface area contributed by atoms with Gasteiger partial charge in [-0.1, -0.05) is 19.1 Å². The number of benzene rings is 1. The van der Waals surface area contributed by atoms with Crippen LogP contribution in [0.3, 0.4) is 0 Å². The zero-order chi connectivity index (χ0) is 16.0. The number of rotatable bonds is 3. The van der Waals surface area contributed by atoms with Crippen LogP contribution in [0.4, 0.5) is 0 Å². The van der Waals surface area contributed by atoms with Gasteiger partial charge in [-0.25, -0.2) is 0 Å². The van der Waals surface area contributed by atoms with Gasteiger partial charge in [0.25, 0.3) is 0 Å². The Morgan fingerprint density at radius 2 is 1.50 bits per heavy atom. The molecule has 0 amide bonds. The van der Waals surface area contributed by atoms with Gasteiger partial charge in [0.05, 0.1) is 14.2 Å². The second-order valence-corrected chi connectivity index (χ2v) is 6.10. The topological polar surface area (TPSA) is 52.6 Å². The predicted molar refractivity (Wildman–Crippen MR) is 81.6 cm³/mol. The van der Waals surface area contributed by atoms with Crippen LogP contribution in [0, 0.1) is 17.8 Å². The van der Waals surface area contributed by atoms with Gasteiger partial charge in [0.15, 0.2) is 11.5 Å². The van der Waals surface area contributed by atoms with Crippen LogP contribution in [-0.4, -0.2) is 25.8 Å². The van der Waals surface area contributed by atoms with Crippen molar-refractivity contribution in [1.29, 1.82) is 0 Å². The predicted octanol–water partition coefficient (Wildman–Crippen LogP) is 2.73. The third-order valence-electron chi connectivity index (χ3n) is 5.15. The summed E-state index contributed by atoms with van der Waals surface area (Å²) in [7, 11) is 3.08. The van der Waals surface area contributed by atoms with E-state index in [0.29, 0.717) is 5.57 Å². The van der Waals surface area contributed by atoms with Gasteiger partial charge in [0.2, 0.25) is 5.78 Å². The fourth-order valence-electron chi connectivity index (χ4n) is 3.97. The normalized spacial score (nSPS) is 30.7. The molecule has 0 radical (unpaired) electrons. The van der Waals surface area contributed by atoms with Gasteiger partial charge in [-0.05, 0) is 36.5 Å². The molecule has 1 aromatic rings. The summed E-state index contributed by atoms with van der Waals surface area (Å²) in [5.41, 5.74) is 1.54. The number of fused-ring (bicyclic) bond motifs is 1. The van der Waals surface area contributed by atoms with E-state index in [9.17, 15) is 9.59 Å². The second-order valence-electron chi connectivity index (χ2n) is 6.10. The van der Waals surface area contributed by atoms with E-state index in [1.54, 1.807) is 14.0 Å². The lowest BCUT2D eigenvalue weighted by molar-refractivity contribution is -0.145. The lowest BCUT2D eigenvalue weighted by Crippen LogP contribution is -2.55. The Hall–Kier alpha value is -2.10. The average molecular weight is 300 g/mol. The lowest BCUT2D eigenvalue weighted by Gasteiger charge is -2.51. The standard InChI is InChI=1S/C18H20O4/c1-9-13(11-5-7-12(21-3)8-6-11)15-14(9)17(20)18(22-4)10(2)16(15)19/h5-9,13-15H,1-4H3/t9-,13+,14-,15+/m1/s1. The molecule has 0 unspecified atom stereocenters. The van der Waals surface area contributed by atoms with Crippen LogP contribution in [0.15, 0.2) is 35.6 Å². The van der Waals surface area contributed by atoms with Crippen LogP contribution in [0.1, 0.15) is 25.3 Å². The van der Waals surface area contributed by atoms with Gasteiger partial charge in [0.1, 0.15) is 5.75 Å². The van der Waals surface area contributed by atoms with E-state index in [-0.39, 0.29) is 41.0 Å². The first kappa shape index (κ1) is 14.8. The number of Topliss-reactive ketones (excluding diaryl/α,β-unsaturated/α-hetero) is 2. The van der Waals surface area contributed by atoms with Crippen molar-refractivity contribution in [2.24, 2.45) is 17.8 Å². The van der Waals surface area contributed by atoms with Gasteiger partial charge in [-0.15, -0.1) is 0 Å². The highest BCUT2D eigenvalue weighted by Crippen LogP contribution is 2.56. The van der Waals surface area contributed by atoms with E-state index in [4.69, 9.17) is 9.47 Å². The zero-order valence-corrected chi connectivity index (χ0v) is 13.3. The third-order valence-corrected chi connectivity index (χ3v) is 5.15. The summed E-state index contributed by atoms with van der Waals surface area (Å²) in [6.45, 7) is 3.72. The Labute approximate surface area is 130 Å². The van der Waals surface area contributed by atoms with Gasteiger partial charge >= 0.3 is 0 Å². The van der Waals surface area contributed by atoms with E-state index in [2.05, 4.69) is 0 Å². The summed E-state index contributed by atoms with van der Waals surface area (Å²) < 4.78 is 10.3. The Kier molecular flexibility index (Phi) is 3.55. The molecule has 2 aliphatic rings. The number of allylic oxidation sites excluding steroid dienone is 2. The largest absolute Gasteiger partial charge is 0.497 e. The smallest absolute Gasteiger partial charge is 0.201 e. The van der Waals surface area contributed by atoms with Gasteiger partial charge in [-0.2, -0.15) is 0 Å². The Morgan fingerprint density at radius 3 is 2.05 bits per heavy atom. The van der Waals surface area contributed by atoms with Crippen LogP contribution in [-0.2, 0) is 14.3 Å². The minimum Gasteiger partial charge on any atom is -0.497 e. The molecule has 4 nitrogen and oxygen atoms in total. The summed E-state index contributed by atoms with van der Waals surface area (Å²) in [6, 6.07) is 7.76. The van der Waals surface area contributed by atoms with Gasteiger partial charge in [-0.3, -0.25) is 9.59 Å². The van der Waals surface area contributed by atoms with Crippen LogP contribution in [0.5, 0.6) is 5.75 Å². The van der Waals surface area contributed by atoms with Crippen molar-refractivity contribution in [3.05, 3.63) is 41.2 Å². The first-order valence-corrected chi connectivity index (χ1v) is 7.48. The number of hydrogen-bond donors (Lipinski definition) is 0. The summed E-state index contributed by atoms with van der Waals surface area (Å²) in [6.07, 6.45) is 0. The van der Waals surface area contributed by atoms with Crippen LogP contribution in [0.2, 0.25) is 0 Å². The third kappa shape index (κ3) is 1.90. The molecular formula is C18H20O4. The fourth-order valence-corrected chi connectivity index (χ4v) is 3.97. The summed E-state index contributed by atoms with van der Waals surface area (Å²) in [5, 5.41) is 0. The molecule has 1 saturated carbocycles. The first-order valence-electron chi connectivity index (χ1n) is 7.48. The van der Waals surface area contributed by atoms with E-state index < -0.39 is 0 Å². The van der Waals surface area contributed by atoms with Crippen molar-refractivity contribution in [2.45, 2.75) is 19.8 Å². The Bertz CT molecular complexity index is 656. The molecule has 0 N–H and O–H groups in total. The zero-order valence-electron chi connectivity index (χ0n) is 13.3. The molecule has 1 aromatic carbocycles. The molecule has 0 heterocycles. The summed E-state index contributed by atoms with van der Waals surface area (Å²) in [5.74, 6) is 0.756. The van der Waals surface area contributed by atoms with E-state index in [0.717, 1.165) is 11.3 Å². The maximum atomic E-state index is 12.6. The molecular weight excluding hydrogens is 280 g/mol. The molecule has 0 spiro atoms. The monoisotopic (exact) mass is 300 g/mol. The van der Waals surface area contributed by atoms with E-state index in [1.165, 1.54) is 7.11 Å². The summed E-state index contributed by atoms with van der Waals surface area (Å²) >= 11 is 0. The van der Waals surface area contributed by atoms with Crippen molar-refractivity contribution >= 4 is 11.6 Å². The number of ketones is 2. The number of ether oxygens (including phenoxy) is 2. The van der Waals surface area contributed by atoms with Crippen molar-refractivity contribution in [3.8, 4) is 5.75 Å².